The lowest BCUT2D eigenvalue weighted by Crippen LogP contribution is -2.29. The van der Waals surface area contributed by atoms with Crippen molar-refractivity contribution in [2.45, 2.75) is 25.4 Å². The maximum Gasteiger partial charge on any atom is 0.122 e. The Hall–Kier alpha value is -1.26. The van der Waals surface area contributed by atoms with Crippen molar-refractivity contribution in [2.24, 2.45) is 0 Å². The molecule has 0 aliphatic carbocycles. The van der Waals surface area contributed by atoms with Gasteiger partial charge in [-0.2, -0.15) is 0 Å². The molecule has 20 heavy (non-hydrogen) atoms. The van der Waals surface area contributed by atoms with Gasteiger partial charge in [-0.1, -0.05) is 6.07 Å². The third kappa shape index (κ3) is 3.64. The number of hydrogen-bond donors (Lipinski definition) is 1. The van der Waals surface area contributed by atoms with Crippen LogP contribution in [0.2, 0.25) is 0 Å². The average molecular weight is 276 g/mol. The summed E-state index contributed by atoms with van der Waals surface area (Å²) in [4.78, 5) is 2.43. The van der Waals surface area contributed by atoms with Crippen LogP contribution in [0.1, 0.15) is 19.3 Å². The molecular formula is C16H24N2O2. The van der Waals surface area contributed by atoms with Crippen LogP contribution in [0.3, 0.4) is 0 Å². The van der Waals surface area contributed by atoms with Gasteiger partial charge < -0.3 is 19.7 Å². The second kappa shape index (κ2) is 6.95. The van der Waals surface area contributed by atoms with Crippen LogP contribution in [0.4, 0.5) is 5.69 Å². The van der Waals surface area contributed by atoms with Gasteiger partial charge in [-0.25, -0.2) is 0 Å². The molecule has 0 radical (unpaired) electrons. The van der Waals surface area contributed by atoms with Crippen molar-refractivity contribution in [2.75, 3.05) is 44.3 Å². The molecule has 3 rings (SSSR count). The van der Waals surface area contributed by atoms with Crippen LogP contribution < -0.4 is 15.0 Å². The van der Waals surface area contributed by atoms with E-state index in [2.05, 4.69) is 28.4 Å². The number of rotatable bonds is 3. The maximum atomic E-state index is 6.05. The Morgan fingerprint density at radius 1 is 1.20 bits per heavy atom. The molecular weight excluding hydrogens is 252 g/mol. The van der Waals surface area contributed by atoms with E-state index in [4.69, 9.17) is 9.47 Å². The molecule has 0 saturated carbocycles. The van der Waals surface area contributed by atoms with E-state index in [1.165, 1.54) is 12.1 Å². The molecule has 4 nitrogen and oxygen atoms in total. The number of ether oxygens (including phenoxy) is 2. The van der Waals surface area contributed by atoms with E-state index in [1.54, 1.807) is 0 Å². The minimum atomic E-state index is 0.213. The predicted octanol–water partition coefficient (Wildman–Crippen LogP) is 2.04. The highest BCUT2D eigenvalue weighted by Crippen LogP contribution is 2.24. The average Bonchev–Trinajstić information content (AvgIpc) is 2.78. The van der Waals surface area contributed by atoms with Crippen LogP contribution in [-0.4, -0.2) is 45.5 Å². The molecule has 2 aliphatic heterocycles. The van der Waals surface area contributed by atoms with Crippen molar-refractivity contribution >= 4 is 5.69 Å². The van der Waals surface area contributed by atoms with Crippen LogP contribution in [0.5, 0.6) is 5.75 Å². The Balaban J connectivity index is 1.65. The number of hydrogen-bond acceptors (Lipinski definition) is 4. The van der Waals surface area contributed by atoms with Crippen molar-refractivity contribution in [3.05, 3.63) is 24.3 Å². The Bertz CT molecular complexity index is 411. The molecule has 2 aliphatic rings. The second-order valence-electron chi connectivity index (χ2n) is 5.54. The number of nitrogens with zero attached hydrogens (tertiary/aromatic N) is 1. The summed E-state index contributed by atoms with van der Waals surface area (Å²) < 4.78 is 11.5. The summed E-state index contributed by atoms with van der Waals surface area (Å²) >= 11 is 0. The molecule has 1 atom stereocenters. The molecule has 2 fully saturated rings. The highest BCUT2D eigenvalue weighted by atomic mass is 16.5. The van der Waals surface area contributed by atoms with Crippen LogP contribution in [0, 0.1) is 0 Å². The Morgan fingerprint density at radius 3 is 3.10 bits per heavy atom. The van der Waals surface area contributed by atoms with Crippen LogP contribution in [-0.2, 0) is 4.74 Å². The number of nitrogens with one attached hydrogen (secondary N) is 1. The molecule has 4 heteroatoms. The smallest absolute Gasteiger partial charge is 0.122 e. The molecule has 2 saturated heterocycles. The normalized spacial score (nSPS) is 24.2. The first-order valence-electron chi connectivity index (χ1n) is 7.72. The van der Waals surface area contributed by atoms with Gasteiger partial charge in [0.15, 0.2) is 0 Å². The van der Waals surface area contributed by atoms with Gasteiger partial charge >= 0.3 is 0 Å². The molecule has 110 valence electrons. The first kappa shape index (κ1) is 13.7. The highest BCUT2D eigenvalue weighted by Gasteiger charge is 2.16. The van der Waals surface area contributed by atoms with Crippen LogP contribution in [0.15, 0.2) is 24.3 Å². The standard InChI is InChI=1S/C16H24N2O2/c1-4-14(18-9-3-7-17-8-10-18)12-15(5-1)20-16-6-2-11-19-13-16/h1,4-5,12,16-17H,2-3,6-11,13H2. The highest BCUT2D eigenvalue weighted by molar-refractivity contribution is 5.51. The minimum Gasteiger partial charge on any atom is -0.488 e. The molecule has 0 amide bonds. The van der Waals surface area contributed by atoms with Crippen molar-refractivity contribution in [3.63, 3.8) is 0 Å². The van der Waals surface area contributed by atoms with E-state index >= 15 is 0 Å². The van der Waals surface area contributed by atoms with Gasteiger partial charge in [-0.05, 0) is 37.9 Å². The Morgan fingerprint density at radius 2 is 2.20 bits per heavy atom. The van der Waals surface area contributed by atoms with Crippen molar-refractivity contribution in [1.82, 2.24) is 5.32 Å². The minimum absolute atomic E-state index is 0.213. The fraction of sp³-hybridized carbons (Fsp3) is 0.625. The number of anilines is 1. The molecule has 1 aromatic rings. The summed E-state index contributed by atoms with van der Waals surface area (Å²) in [7, 11) is 0. The fourth-order valence-electron chi connectivity index (χ4n) is 2.85. The molecule has 0 aromatic heterocycles. The molecule has 0 bridgehead atoms. The van der Waals surface area contributed by atoms with Crippen LogP contribution in [0.25, 0.3) is 0 Å². The first-order valence-corrected chi connectivity index (χ1v) is 7.72. The zero-order valence-corrected chi connectivity index (χ0v) is 12.0. The quantitative estimate of drug-likeness (QED) is 0.916. The third-order valence-corrected chi connectivity index (χ3v) is 3.94. The van der Waals surface area contributed by atoms with Crippen molar-refractivity contribution in [1.29, 1.82) is 0 Å². The zero-order valence-electron chi connectivity index (χ0n) is 12.0. The van der Waals surface area contributed by atoms with Gasteiger partial charge in [0.25, 0.3) is 0 Å². The largest absolute Gasteiger partial charge is 0.488 e. The second-order valence-corrected chi connectivity index (χ2v) is 5.54. The third-order valence-electron chi connectivity index (χ3n) is 3.94. The lowest BCUT2D eigenvalue weighted by atomic mass is 10.2. The van der Waals surface area contributed by atoms with Gasteiger partial charge in [-0.3, -0.25) is 0 Å². The van der Waals surface area contributed by atoms with Crippen molar-refractivity contribution < 1.29 is 9.47 Å². The topological polar surface area (TPSA) is 33.7 Å². The summed E-state index contributed by atoms with van der Waals surface area (Å²) in [6.07, 6.45) is 3.60. The summed E-state index contributed by atoms with van der Waals surface area (Å²) in [5, 5.41) is 3.44. The van der Waals surface area contributed by atoms with E-state index in [9.17, 15) is 0 Å². The fourth-order valence-corrected chi connectivity index (χ4v) is 2.85. The van der Waals surface area contributed by atoms with E-state index in [1.807, 2.05) is 6.07 Å². The molecule has 1 aromatic carbocycles. The van der Waals surface area contributed by atoms with Crippen molar-refractivity contribution in [3.8, 4) is 5.75 Å². The Labute approximate surface area is 121 Å². The summed E-state index contributed by atoms with van der Waals surface area (Å²) in [6.45, 7) is 5.95. The van der Waals surface area contributed by atoms with E-state index < -0.39 is 0 Å². The summed E-state index contributed by atoms with van der Waals surface area (Å²) in [5.41, 5.74) is 1.27. The predicted molar refractivity (Wildman–Crippen MR) is 80.6 cm³/mol. The first-order chi connectivity index (χ1) is 9.92. The van der Waals surface area contributed by atoms with Crippen LogP contribution >= 0.6 is 0 Å². The van der Waals surface area contributed by atoms with Gasteiger partial charge in [0.05, 0.1) is 6.61 Å². The van der Waals surface area contributed by atoms with Gasteiger partial charge in [0.1, 0.15) is 11.9 Å². The molecule has 1 unspecified atom stereocenters. The van der Waals surface area contributed by atoms with E-state index in [0.29, 0.717) is 0 Å². The lowest BCUT2D eigenvalue weighted by Gasteiger charge is -2.25. The number of benzene rings is 1. The maximum absolute atomic E-state index is 6.05. The van der Waals surface area contributed by atoms with Gasteiger partial charge in [-0.15, -0.1) is 0 Å². The zero-order chi connectivity index (χ0) is 13.6. The summed E-state index contributed by atoms with van der Waals surface area (Å²) in [6, 6.07) is 8.48. The molecule has 1 N–H and O–H groups in total. The summed E-state index contributed by atoms with van der Waals surface area (Å²) in [5.74, 6) is 0.968. The Kier molecular flexibility index (Phi) is 4.77. The SMILES string of the molecule is c1cc(OC2CCCOC2)cc(N2CCCNCC2)c1. The monoisotopic (exact) mass is 276 g/mol. The molecule has 2 heterocycles. The molecule has 0 spiro atoms. The van der Waals surface area contributed by atoms with Gasteiger partial charge in [0.2, 0.25) is 0 Å². The van der Waals surface area contributed by atoms with Gasteiger partial charge in [0, 0.05) is 38.0 Å². The van der Waals surface area contributed by atoms with E-state index in [0.717, 1.165) is 58.0 Å². The van der Waals surface area contributed by atoms with E-state index in [-0.39, 0.29) is 6.10 Å². The lowest BCUT2D eigenvalue weighted by molar-refractivity contribution is 0.00745.